The van der Waals surface area contributed by atoms with E-state index in [0.717, 1.165) is 27.8 Å². The van der Waals surface area contributed by atoms with Gasteiger partial charge in [0.05, 0.1) is 11.6 Å². The number of hydrogen-bond acceptors (Lipinski definition) is 4. The fraction of sp³-hybridized carbons (Fsp3) is 0.292. The Hall–Kier alpha value is -3.19. The lowest BCUT2D eigenvalue weighted by Crippen LogP contribution is -2.37. The van der Waals surface area contributed by atoms with Gasteiger partial charge in [-0.2, -0.15) is 0 Å². The Balaban J connectivity index is 1.60. The third kappa shape index (κ3) is 4.46. The van der Waals surface area contributed by atoms with Gasteiger partial charge in [0.1, 0.15) is 0 Å². The molecule has 0 saturated carbocycles. The van der Waals surface area contributed by atoms with Gasteiger partial charge in [0, 0.05) is 31.2 Å². The van der Waals surface area contributed by atoms with Gasteiger partial charge < -0.3 is 9.88 Å². The smallest absolute Gasteiger partial charge is 0.330 e. The molecule has 1 aliphatic carbocycles. The second kappa shape index (κ2) is 8.89. The highest BCUT2D eigenvalue weighted by molar-refractivity contribution is 7.10. The summed E-state index contributed by atoms with van der Waals surface area (Å²) in [4.78, 5) is 37.9. The molecular formula is C24H25N3O3S. The van der Waals surface area contributed by atoms with Gasteiger partial charge in [-0.3, -0.25) is 14.2 Å². The second-order valence-electron chi connectivity index (χ2n) is 7.87. The Bertz CT molecular complexity index is 1250. The molecular weight excluding hydrogens is 410 g/mol. The third-order valence-electron chi connectivity index (χ3n) is 5.71. The monoisotopic (exact) mass is 435 g/mol. The molecule has 0 aliphatic heterocycles. The molecule has 4 rings (SSSR count). The Labute approximate surface area is 184 Å². The molecule has 1 N–H and O–H groups in total. The van der Waals surface area contributed by atoms with E-state index >= 15 is 0 Å². The van der Waals surface area contributed by atoms with Crippen LogP contribution in [0, 0.1) is 0 Å². The number of carbonyl (C=O) groups is 1. The van der Waals surface area contributed by atoms with Crippen molar-refractivity contribution in [2.45, 2.75) is 31.7 Å². The summed E-state index contributed by atoms with van der Waals surface area (Å²) in [7, 11) is 2.99. The number of nitrogens with one attached hydrogen (secondary N) is 1. The highest BCUT2D eigenvalue weighted by atomic mass is 32.1. The average molecular weight is 436 g/mol. The molecule has 1 amide bonds. The Morgan fingerprint density at radius 3 is 2.65 bits per heavy atom. The molecule has 0 spiro atoms. The van der Waals surface area contributed by atoms with Gasteiger partial charge in [-0.1, -0.05) is 24.3 Å². The molecule has 7 heteroatoms. The lowest BCUT2D eigenvalue weighted by atomic mass is 9.89. The van der Waals surface area contributed by atoms with Crippen LogP contribution in [0.1, 0.15) is 46.0 Å². The number of aryl methyl sites for hydroxylation is 3. The molecule has 6 nitrogen and oxygen atoms in total. The summed E-state index contributed by atoms with van der Waals surface area (Å²) >= 11 is 1.60. The first-order chi connectivity index (χ1) is 14.9. The molecule has 1 aliphatic rings. The van der Waals surface area contributed by atoms with Gasteiger partial charge in [-0.05, 0) is 59.9 Å². The van der Waals surface area contributed by atoms with Crippen molar-refractivity contribution in [2.75, 3.05) is 0 Å². The van der Waals surface area contributed by atoms with Crippen molar-refractivity contribution in [3.8, 4) is 0 Å². The molecule has 1 unspecified atom stereocenters. The van der Waals surface area contributed by atoms with Gasteiger partial charge in [-0.15, -0.1) is 11.3 Å². The molecule has 2 heterocycles. The van der Waals surface area contributed by atoms with E-state index in [9.17, 15) is 14.4 Å². The first-order valence-corrected chi connectivity index (χ1v) is 11.2. The third-order valence-corrected chi connectivity index (χ3v) is 6.64. The van der Waals surface area contributed by atoms with E-state index in [1.807, 2.05) is 17.5 Å². The highest BCUT2D eigenvalue weighted by Gasteiger charge is 2.19. The van der Waals surface area contributed by atoms with Crippen molar-refractivity contribution < 1.29 is 4.79 Å². The lowest BCUT2D eigenvalue weighted by Gasteiger charge is -2.21. The molecule has 3 aromatic rings. The van der Waals surface area contributed by atoms with Gasteiger partial charge in [-0.25, -0.2) is 4.79 Å². The quantitative estimate of drug-likeness (QED) is 0.627. The standard InChI is InChI=1S/C24H25N3O3S/c1-26-15-19(23(29)27(2)24(26)30)11-12-21(28)25-22(20-8-5-13-31-20)18-10-9-16-6-3-4-7-17(16)14-18/h5,8-15,22H,3-4,6-7H2,1-2H3,(H,25,28)/b12-11+. The van der Waals surface area contributed by atoms with Gasteiger partial charge in [0.25, 0.3) is 5.56 Å². The summed E-state index contributed by atoms with van der Waals surface area (Å²) in [5.41, 5.74) is 3.26. The van der Waals surface area contributed by atoms with Crippen LogP contribution in [0.2, 0.25) is 0 Å². The van der Waals surface area contributed by atoms with E-state index in [1.54, 1.807) is 18.4 Å². The molecule has 2 aromatic heterocycles. The average Bonchev–Trinajstić information content (AvgIpc) is 3.32. The molecule has 1 aromatic carbocycles. The zero-order valence-corrected chi connectivity index (χ0v) is 18.4. The van der Waals surface area contributed by atoms with Gasteiger partial charge >= 0.3 is 5.69 Å². The van der Waals surface area contributed by atoms with Crippen LogP contribution in [0.15, 0.2) is 57.6 Å². The summed E-state index contributed by atoms with van der Waals surface area (Å²) < 4.78 is 2.35. The van der Waals surface area contributed by atoms with E-state index < -0.39 is 11.2 Å². The summed E-state index contributed by atoms with van der Waals surface area (Å²) in [6.07, 6.45) is 8.86. The maximum absolute atomic E-state index is 12.8. The first-order valence-electron chi connectivity index (χ1n) is 10.3. The summed E-state index contributed by atoms with van der Waals surface area (Å²) in [6, 6.07) is 10.2. The Kier molecular flexibility index (Phi) is 6.04. The van der Waals surface area contributed by atoms with E-state index in [-0.39, 0.29) is 17.5 Å². The van der Waals surface area contributed by atoms with Gasteiger partial charge in [0.2, 0.25) is 5.91 Å². The molecule has 160 valence electrons. The van der Waals surface area contributed by atoms with Crippen LogP contribution in [-0.4, -0.2) is 15.0 Å². The molecule has 1 atom stereocenters. The molecule has 0 saturated heterocycles. The minimum Gasteiger partial charge on any atom is -0.341 e. The number of nitrogens with zero attached hydrogens (tertiary/aromatic N) is 2. The van der Waals surface area contributed by atoms with Crippen molar-refractivity contribution >= 4 is 23.3 Å². The molecule has 31 heavy (non-hydrogen) atoms. The van der Waals surface area contributed by atoms with Crippen molar-refractivity contribution in [1.29, 1.82) is 0 Å². The molecule has 0 bridgehead atoms. The SMILES string of the molecule is Cn1cc(/C=C/C(=O)NC(c2ccc3c(c2)CCCC3)c2cccs2)c(=O)n(C)c1=O. The lowest BCUT2D eigenvalue weighted by molar-refractivity contribution is -0.116. The number of carbonyl (C=O) groups excluding carboxylic acids is 1. The molecule has 0 fully saturated rings. The largest absolute Gasteiger partial charge is 0.341 e. The van der Waals surface area contributed by atoms with Crippen LogP contribution in [0.5, 0.6) is 0 Å². The topological polar surface area (TPSA) is 73.1 Å². The number of hydrogen-bond donors (Lipinski definition) is 1. The number of rotatable bonds is 5. The van der Waals surface area contributed by atoms with Crippen LogP contribution < -0.4 is 16.6 Å². The first kappa shape index (κ1) is 21.1. The second-order valence-corrected chi connectivity index (χ2v) is 8.85. The van der Waals surface area contributed by atoms with E-state index in [4.69, 9.17) is 0 Å². The van der Waals surface area contributed by atoms with Crippen molar-refractivity contribution in [2.24, 2.45) is 14.1 Å². The Morgan fingerprint density at radius 1 is 1.13 bits per heavy atom. The van der Waals surface area contributed by atoms with Crippen LogP contribution >= 0.6 is 11.3 Å². The minimum atomic E-state index is -0.434. The number of aromatic nitrogens is 2. The highest BCUT2D eigenvalue weighted by Crippen LogP contribution is 2.30. The van der Waals surface area contributed by atoms with Crippen LogP contribution in [0.3, 0.4) is 0 Å². The van der Waals surface area contributed by atoms with Gasteiger partial charge in [0.15, 0.2) is 0 Å². The van der Waals surface area contributed by atoms with Crippen LogP contribution in [-0.2, 0) is 31.7 Å². The van der Waals surface area contributed by atoms with Crippen molar-refractivity contribution in [3.63, 3.8) is 0 Å². The predicted molar refractivity (Wildman–Crippen MR) is 123 cm³/mol. The van der Waals surface area contributed by atoms with Crippen molar-refractivity contribution in [3.05, 3.63) is 96.0 Å². The zero-order valence-electron chi connectivity index (χ0n) is 17.6. The maximum Gasteiger partial charge on any atom is 0.330 e. The summed E-state index contributed by atoms with van der Waals surface area (Å²) in [5, 5.41) is 5.08. The number of fused-ring (bicyclic) bond motifs is 1. The van der Waals surface area contributed by atoms with Crippen molar-refractivity contribution in [1.82, 2.24) is 14.5 Å². The normalized spacial score (nSPS) is 14.4. The zero-order chi connectivity index (χ0) is 22.0. The van der Waals surface area contributed by atoms with E-state index in [1.165, 1.54) is 53.9 Å². The maximum atomic E-state index is 12.8. The fourth-order valence-corrected chi connectivity index (χ4v) is 4.82. The fourth-order valence-electron chi connectivity index (χ4n) is 4.01. The number of benzene rings is 1. The number of thiophene rings is 1. The summed E-state index contributed by atoms with van der Waals surface area (Å²) in [6.45, 7) is 0. The minimum absolute atomic E-state index is 0.257. The van der Waals surface area contributed by atoms with Crippen LogP contribution in [0.25, 0.3) is 6.08 Å². The molecule has 0 radical (unpaired) electrons. The number of amides is 1. The van der Waals surface area contributed by atoms with E-state index in [2.05, 4.69) is 23.5 Å². The van der Waals surface area contributed by atoms with Crippen LogP contribution in [0.4, 0.5) is 0 Å². The Morgan fingerprint density at radius 2 is 1.90 bits per heavy atom. The predicted octanol–water partition coefficient (Wildman–Crippen LogP) is 2.94. The summed E-state index contributed by atoms with van der Waals surface area (Å²) in [5.74, 6) is -0.299. The van der Waals surface area contributed by atoms with E-state index in [0.29, 0.717) is 0 Å².